The van der Waals surface area contributed by atoms with Crippen molar-refractivity contribution in [2.24, 2.45) is 5.73 Å². The van der Waals surface area contributed by atoms with Gasteiger partial charge in [0.05, 0.1) is 6.04 Å². The molecule has 1 heterocycles. The molecular weight excluding hydrogens is 186 g/mol. The molecule has 0 amide bonds. The average Bonchev–Trinajstić information content (AvgIpc) is 2.48. The van der Waals surface area contributed by atoms with Gasteiger partial charge in [-0.15, -0.1) is 0 Å². The van der Waals surface area contributed by atoms with E-state index >= 15 is 0 Å². The van der Waals surface area contributed by atoms with Crippen LogP contribution in [0.4, 0.5) is 0 Å². The van der Waals surface area contributed by atoms with Crippen molar-refractivity contribution < 1.29 is 4.74 Å². The summed E-state index contributed by atoms with van der Waals surface area (Å²) in [4.78, 5) is 0. The molecule has 2 rings (SSSR count). The Hall–Kier alpha value is -0.730. The van der Waals surface area contributed by atoms with E-state index in [0.717, 1.165) is 28.3 Å². The van der Waals surface area contributed by atoms with Gasteiger partial charge in [-0.05, 0) is 12.5 Å². The first-order chi connectivity index (χ1) is 6.24. The van der Waals surface area contributed by atoms with Crippen molar-refractivity contribution in [1.82, 2.24) is 0 Å². The van der Waals surface area contributed by atoms with Gasteiger partial charge >= 0.3 is 0 Å². The van der Waals surface area contributed by atoms with E-state index in [1.807, 2.05) is 12.1 Å². The zero-order valence-electron chi connectivity index (χ0n) is 7.51. The average molecular weight is 198 g/mol. The van der Waals surface area contributed by atoms with Gasteiger partial charge in [0.2, 0.25) is 0 Å². The number of nitrogens with two attached hydrogens (primary N) is 1. The Morgan fingerprint density at radius 2 is 2.38 bits per heavy atom. The van der Waals surface area contributed by atoms with Gasteiger partial charge in [-0.25, -0.2) is 0 Å². The third-order valence-corrected chi connectivity index (χ3v) is 2.75. The predicted molar refractivity (Wildman–Crippen MR) is 53.3 cm³/mol. The minimum Gasteiger partial charge on any atom is -0.491 e. The molecule has 2 N–H and O–H groups in total. The number of fused-ring (bicyclic) bond motifs is 1. The fraction of sp³-hybridized carbons (Fsp3) is 0.400. The summed E-state index contributed by atoms with van der Waals surface area (Å²) in [5.41, 5.74) is 8.01. The Balaban J connectivity index is 2.57. The lowest BCUT2D eigenvalue weighted by atomic mass is 10.0. The molecule has 0 aromatic heterocycles. The van der Waals surface area contributed by atoms with E-state index in [4.69, 9.17) is 22.1 Å². The number of halogens is 1. The summed E-state index contributed by atoms with van der Waals surface area (Å²) in [6.07, 6.45) is 0.884. The highest BCUT2D eigenvalue weighted by Crippen LogP contribution is 2.38. The molecule has 1 atom stereocenters. The van der Waals surface area contributed by atoms with Crippen LogP contribution in [0.25, 0.3) is 0 Å². The van der Waals surface area contributed by atoms with Crippen LogP contribution in [-0.2, 0) is 6.42 Å². The molecule has 0 saturated carbocycles. The molecule has 0 aliphatic carbocycles. The van der Waals surface area contributed by atoms with Gasteiger partial charge in [-0.1, -0.05) is 24.6 Å². The largest absolute Gasteiger partial charge is 0.491 e. The second kappa shape index (κ2) is 3.20. The second-order valence-electron chi connectivity index (χ2n) is 3.22. The smallest absolute Gasteiger partial charge is 0.128 e. The first kappa shape index (κ1) is 8.85. The van der Waals surface area contributed by atoms with Crippen LogP contribution in [-0.4, -0.2) is 6.61 Å². The maximum Gasteiger partial charge on any atom is 0.128 e. The SMILES string of the molecule is CCc1c(Cl)ccc2c1OC[C@H]2N. The van der Waals surface area contributed by atoms with Crippen LogP contribution in [0.3, 0.4) is 0 Å². The standard InChI is InChI=1S/C10H12ClNO/c1-2-6-8(11)4-3-7-9(12)5-13-10(6)7/h3-4,9H,2,5,12H2,1H3/t9-/m1/s1. The molecule has 70 valence electrons. The maximum absolute atomic E-state index is 6.03. The fourth-order valence-electron chi connectivity index (χ4n) is 1.68. The molecule has 0 unspecified atom stereocenters. The van der Waals surface area contributed by atoms with Crippen LogP contribution < -0.4 is 10.5 Å². The molecule has 1 aliphatic heterocycles. The number of rotatable bonds is 1. The van der Waals surface area contributed by atoms with Gasteiger partial charge < -0.3 is 10.5 Å². The van der Waals surface area contributed by atoms with Crippen molar-refractivity contribution in [3.8, 4) is 5.75 Å². The Labute approximate surface area is 82.6 Å². The summed E-state index contributed by atoms with van der Waals surface area (Å²) in [7, 11) is 0. The minimum absolute atomic E-state index is 0.0116. The third-order valence-electron chi connectivity index (χ3n) is 2.39. The normalized spacial score (nSPS) is 19.8. The predicted octanol–water partition coefficient (Wildman–Crippen LogP) is 2.29. The third kappa shape index (κ3) is 1.30. The summed E-state index contributed by atoms with van der Waals surface area (Å²) in [5, 5.41) is 0.773. The minimum atomic E-state index is 0.0116. The quantitative estimate of drug-likeness (QED) is 0.750. The lowest BCUT2D eigenvalue weighted by Gasteiger charge is -2.07. The highest BCUT2D eigenvalue weighted by atomic mass is 35.5. The van der Waals surface area contributed by atoms with E-state index in [0.29, 0.717) is 6.61 Å². The van der Waals surface area contributed by atoms with E-state index < -0.39 is 0 Å². The Morgan fingerprint density at radius 1 is 1.62 bits per heavy atom. The van der Waals surface area contributed by atoms with Crippen molar-refractivity contribution in [1.29, 1.82) is 0 Å². The molecule has 0 saturated heterocycles. The molecule has 3 heteroatoms. The lowest BCUT2D eigenvalue weighted by Crippen LogP contribution is -2.10. The molecule has 0 fully saturated rings. The maximum atomic E-state index is 6.03. The second-order valence-corrected chi connectivity index (χ2v) is 3.62. The van der Waals surface area contributed by atoms with Crippen LogP contribution >= 0.6 is 11.6 Å². The van der Waals surface area contributed by atoms with E-state index in [2.05, 4.69) is 6.92 Å². The Morgan fingerprint density at radius 3 is 3.08 bits per heavy atom. The van der Waals surface area contributed by atoms with Crippen molar-refractivity contribution in [2.45, 2.75) is 19.4 Å². The summed E-state index contributed by atoms with van der Waals surface area (Å²) in [6.45, 7) is 2.64. The van der Waals surface area contributed by atoms with E-state index in [1.54, 1.807) is 0 Å². The van der Waals surface area contributed by atoms with Crippen LogP contribution in [0, 0.1) is 0 Å². The summed E-state index contributed by atoms with van der Waals surface area (Å²) >= 11 is 6.03. The molecule has 0 radical (unpaired) electrons. The van der Waals surface area contributed by atoms with Gasteiger partial charge in [-0.2, -0.15) is 0 Å². The summed E-state index contributed by atoms with van der Waals surface area (Å²) in [6, 6.07) is 3.86. The van der Waals surface area contributed by atoms with Crippen LogP contribution in [0.2, 0.25) is 5.02 Å². The molecule has 0 spiro atoms. The molecule has 1 aromatic rings. The van der Waals surface area contributed by atoms with Crippen LogP contribution in [0.5, 0.6) is 5.75 Å². The zero-order valence-corrected chi connectivity index (χ0v) is 8.27. The number of hydrogen-bond donors (Lipinski definition) is 1. The van der Waals surface area contributed by atoms with Crippen LogP contribution in [0.15, 0.2) is 12.1 Å². The number of ether oxygens (including phenoxy) is 1. The topological polar surface area (TPSA) is 35.2 Å². The van der Waals surface area contributed by atoms with E-state index in [-0.39, 0.29) is 6.04 Å². The Kier molecular flexibility index (Phi) is 2.18. The van der Waals surface area contributed by atoms with Crippen LogP contribution in [0.1, 0.15) is 24.1 Å². The van der Waals surface area contributed by atoms with Gasteiger partial charge in [0.15, 0.2) is 0 Å². The zero-order chi connectivity index (χ0) is 9.42. The monoisotopic (exact) mass is 197 g/mol. The summed E-state index contributed by atoms with van der Waals surface area (Å²) < 4.78 is 5.50. The van der Waals surface area contributed by atoms with Crippen molar-refractivity contribution >= 4 is 11.6 Å². The molecule has 0 bridgehead atoms. The van der Waals surface area contributed by atoms with Gasteiger partial charge in [0, 0.05) is 16.1 Å². The molecule has 13 heavy (non-hydrogen) atoms. The first-order valence-corrected chi connectivity index (χ1v) is 4.81. The molecule has 2 nitrogen and oxygen atoms in total. The highest BCUT2D eigenvalue weighted by Gasteiger charge is 2.23. The molecule has 1 aromatic carbocycles. The van der Waals surface area contributed by atoms with Gasteiger partial charge in [-0.3, -0.25) is 0 Å². The van der Waals surface area contributed by atoms with Crippen molar-refractivity contribution in [3.05, 3.63) is 28.3 Å². The van der Waals surface area contributed by atoms with Gasteiger partial charge in [0.1, 0.15) is 12.4 Å². The lowest BCUT2D eigenvalue weighted by molar-refractivity contribution is 0.331. The van der Waals surface area contributed by atoms with E-state index in [1.165, 1.54) is 0 Å². The summed E-state index contributed by atoms with van der Waals surface area (Å²) in [5.74, 6) is 0.905. The Bertz CT molecular complexity index is 338. The van der Waals surface area contributed by atoms with E-state index in [9.17, 15) is 0 Å². The molecular formula is C10H12ClNO. The number of hydrogen-bond acceptors (Lipinski definition) is 2. The first-order valence-electron chi connectivity index (χ1n) is 4.43. The fourth-order valence-corrected chi connectivity index (χ4v) is 1.96. The van der Waals surface area contributed by atoms with Crippen molar-refractivity contribution in [2.75, 3.05) is 6.61 Å². The number of benzene rings is 1. The van der Waals surface area contributed by atoms with Crippen molar-refractivity contribution in [3.63, 3.8) is 0 Å². The molecule has 1 aliphatic rings. The van der Waals surface area contributed by atoms with Gasteiger partial charge in [0.25, 0.3) is 0 Å². The highest BCUT2D eigenvalue weighted by molar-refractivity contribution is 6.31.